The van der Waals surface area contributed by atoms with Gasteiger partial charge in [-0.3, -0.25) is 14.5 Å². The molecule has 1 N–H and O–H groups in total. The molecule has 3 aromatic carbocycles. The van der Waals surface area contributed by atoms with Crippen LogP contribution in [0.2, 0.25) is 0 Å². The molecule has 0 saturated carbocycles. The number of rotatable bonds is 5. The topological polar surface area (TPSA) is 49.4 Å². The fraction of sp³-hybridized carbons (Fsp3) is 0.154. The molecule has 0 aliphatic heterocycles. The zero-order valence-electron chi connectivity index (χ0n) is 17.1. The first-order chi connectivity index (χ1) is 14.5. The van der Waals surface area contributed by atoms with Gasteiger partial charge in [0.1, 0.15) is 0 Å². The molecule has 4 heteroatoms. The second-order valence-electron chi connectivity index (χ2n) is 7.17. The number of carbonyl (C=O) groups is 2. The number of hydrogen-bond donors (Lipinski definition) is 1. The van der Waals surface area contributed by atoms with Crippen LogP contribution in [0.15, 0.2) is 84.9 Å². The zero-order chi connectivity index (χ0) is 21.3. The lowest BCUT2D eigenvalue weighted by Crippen LogP contribution is -2.31. The van der Waals surface area contributed by atoms with Crippen LogP contribution in [0.5, 0.6) is 0 Å². The number of hydrogen-bond acceptors (Lipinski definition) is 2. The van der Waals surface area contributed by atoms with E-state index < -0.39 is 0 Å². The van der Waals surface area contributed by atoms with Gasteiger partial charge in [0, 0.05) is 28.8 Å². The summed E-state index contributed by atoms with van der Waals surface area (Å²) in [5, 5.41) is 2.89. The van der Waals surface area contributed by atoms with E-state index in [0.29, 0.717) is 12.1 Å². The van der Waals surface area contributed by atoms with Crippen molar-refractivity contribution in [1.82, 2.24) is 5.32 Å². The van der Waals surface area contributed by atoms with Crippen molar-refractivity contribution < 1.29 is 9.59 Å². The third-order valence-corrected chi connectivity index (χ3v) is 4.35. The fourth-order valence-corrected chi connectivity index (χ4v) is 2.94. The Morgan fingerprint density at radius 2 is 1.57 bits per heavy atom. The zero-order valence-corrected chi connectivity index (χ0v) is 17.1. The van der Waals surface area contributed by atoms with Crippen LogP contribution in [0.1, 0.15) is 35.3 Å². The Morgan fingerprint density at radius 1 is 0.900 bits per heavy atom. The maximum Gasteiger partial charge on any atom is 0.303 e. The van der Waals surface area contributed by atoms with Crippen molar-refractivity contribution in [2.24, 2.45) is 0 Å². The number of nitrogens with one attached hydrogen (secondary N) is 1. The summed E-state index contributed by atoms with van der Waals surface area (Å²) >= 11 is 0. The van der Waals surface area contributed by atoms with Gasteiger partial charge in [0.2, 0.25) is 0 Å². The van der Waals surface area contributed by atoms with Gasteiger partial charge in [-0.05, 0) is 55.8 Å². The summed E-state index contributed by atoms with van der Waals surface area (Å²) in [4.78, 5) is 26.9. The fourth-order valence-electron chi connectivity index (χ4n) is 2.94. The molecule has 0 unspecified atom stereocenters. The van der Waals surface area contributed by atoms with Gasteiger partial charge in [0.15, 0.2) is 0 Å². The Kier molecular flexibility index (Phi) is 7.02. The lowest BCUT2D eigenvalue weighted by molar-refractivity contribution is -0.113. The van der Waals surface area contributed by atoms with E-state index in [0.717, 1.165) is 16.8 Å². The van der Waals surface area contributed by atoms with Crippen molar-refractivity contribution in [1.29, 1.82) is 0 Å². The molecular weight excluding hydrogens is 372 g/mol. The second kappa shape index (κ2) is 10.1. The van der Waals surface area contributed by atoms with Crippen molar-refractivity contribution >= 4 is 17.5 Å². The lowest BCUT2D eigenvalue weighted by atomic mass is 10.1. The van der Waals surface area contributed by atoms with E-state index in [2.05, 4.69) is 17.2 Å². The molecule has 3 aromatic rings. The number of para-hydroxylation sites is 1. The Balaban J connectivity index is 1.87. The minimum Gasteiger partial charge on any atom is -0.350 e. The number of benzene rings is 3. The van der Waals surface area contributed by atoms with Crippen LogP contribution in [0.3, 0.4) is 0 Å². The summed E-state index contributed by atoms with van der Waals surface area (Å²) in [5.74, 6) is 5.23. The minimum absolute atomic E-state index is 0.0526. The number of anilines is 1. The van der Waals surface area contributed by atoms with E-state index in [4.69, 9.17) is 0 Å². The van der Waals surface area contributed by atoms with Crippen LogP contribution >= 0.6 is 0 Å². The van der Waals surface area contributed by atoms with Crippen molar-refractivity contribution in [3.05, 3.63) is 102 Å². The first-order valence-corrected chi connectivity index (χ1v) is 9.86. The number of carbonyl (C=O) groups excluding carboxylic acids is 2. The summed E-state index contributed by atoms with van der Waals surface area (Å²) in [5.41, 5.74) is 2.95. The minimum atomic E-state index is -0.304. The molecule has 0 aliphatic rings. The summed E-state index contributed by atoms with van der Waals surface area (Å²) in [6, 6.07) is 26.2. The van der Waals surface area contributed by atoms with Crippen LogP contribution in [-0.4, -0.2) is 17.9 Å². The highest BCUT2D eigenvalue weighted by molar-refractivity contribution is 6.06. The quantitative estimate of drug-likeness (QED) is 0.650. The SMILES string of the molecule is CC(C)NC(=O)c1cccc(CN(C(=O)C#Cc2ccccc2)c2ccccc2)c1. The van der Waals surface area contributed by atoms with Gasteiger partial charge < -0.3 is 5.32 Å². The van der Waals surface area contributed by atoms with Crippen molar-refractivity contribution in [2.75, 3.05) is 4.90 Å². The van der Waals surface area contributed by atoms with Gasteiger partial charge in [0.05, 0.1) is 6.54 Å². The van der Waals surface area contributed by atoms with Gasteiger partial charge >= 0.3 is 5.91 Å². The van der Waals surface area contributed by atoms with Gasteiger partial charge in [-0.15, -0.1) is 0 Å². The molecule has 0 heterocycles. The van der Waals surface area contributed by atoms with Gasteiger partial charge in [-0.2, -0.15) is 0 Å². The third-order valence-electron chi connectivity index (χ3n) is 4.35. The van der Waals surface area contributed by atoms with E-state index in [1.54, 1.807) is 11.0 Å². The van der Waals surface area contributed by atoms with E-state index >= 15 is 0 Å². The summed E-state index contributed by atoms with van der Waals surface area (Å²) < 4.78 is 0. The molecule has 0 atom stereocenters. The van der Waals surface area contributed by atoms with E-state index in [9.17, 15) is 9.59 Å². The first-order valence-electron chi connectivity index (χ1n) is 9.86. The highest BCUT2D eigenvalue weighted by Gasteiger charge is 2.15. The molecule has 0 fully saturated rings. The molecule has 0 aliphatic carbocycles. The standard InChI is InChI=1S/C26H24N2O2/c1-20(2)27-26(30)23-13-9-12-22(18-23)19-28(24-14-7-4-8-15-24)25(29)17-16-21-10-5-3-6-11-21/h3-15,18,20H,19H2,1-2H3,(H,27,30). The molecule has 4 nitrogen and oxygen atoms in total. The number of nitrogens with zero attached hydrogens (tertiary/aromatic N) is 1. The van der Waals surface area contributed by atoms with Crippen molar-refractivity contribution in [2.45, 2.75) is 26.4 Å². The van der Waals surface area contributed by atoms with Gasteiger partial charge in [-0.1, -0.05) is 54.5 Å². The molecular formula is C26H24N2O2. The molecule has 0 radical (unpaired) electrons. The van der Waals surface area contributed by atoms with Gasteiger partial charge in [-0.25, -0.2) is 0 Å². The van der Waals surface area contributed by atoms with Gasteiger partial charge in [0.25, 0.3) is 5.91 Å². The molecule has 0 bridgehead atoms. The van der Waals surface area contributed by atoms with Crippen LogP contribution in [-0.2, 0) is 11.3 Å². The highest BCUT2D eigenvalue weighted by Crippen LogP contribution is 2.18. The molecule has 2 amide bonds. The molecule has 0 aromatic heterocycles. The Hall–Kier alpha value is -3.84. The van der Waals surface area contributed by atoms with E-state index in [1.807, 2.05) is 92.7 Å². The van der Waals surface area contributed by atoms with Crippen molar-refractivity contribution in [3.63, 3.8) is 0 Å². The van der Waals surface area contributed by atoms with Crippen molar-refractivity contribution in [3.8, 4) is 11.8 Å². The largest absolute Gasteiger partial charge is 0.350 e. The third kappa shape index (κ3) is 5.83. The maximum atomic E-state index is 13.0. The average molecular weight is 396 g/mol. The molecule has 150 valence electrons. The Labute approximate surface area is 177 Å². The monoisotopic (exact) mass is 396 g/mol. The summed E-state index contributed by atoms with van der Waals surface area (Å²) in [6.45, 7) is 4.15. The summed E-state index contributed by atoms with van der Waals surface area (Å²) in [6.07, 6.45) is 0. The highest BCUT2D eigenvalue weighted by atomic mass is 16.2. The molecule has 0 spiro atoms. The van der Waals surface area contributed by atoms with E-state index in [1.165, 1.54) is 0 Å². The average Bonchev–Trinajstić information content (AvgIpc) is 2.77. The van der Waals surface area contributed by atoms with Crippen LogP contribution < -0.4 is 10.2 Å². The molecule has 30 heavy (non-hydrogen) atoms. The summed E-state index contributed by atoms with van der Waals surface area (Å²) in [7, 11) is 0. The predicted octanol–water partition coefficient (Wildman–Crippen LogP) is 4.41. The maximum absolute atomic E-state index is 13.0. The normalized spacial score (nSPS) is 10.1. The Bertz CT molecular complexity index is 1060. The lowest BCUT2D eigenvalue weighted by Gasteiger charge is -2.21. The first kappa shape index (κ1) is 20.9. The van der Waals surface area contributed by atoms with E-state index in [-0.39, 0.29) is 17.9 Å². The molecule has 0 saturated heterocycles. The molecule has 3 rings (SSSR count). The Morgan fingerprint density at radius 3 is 2.23 bits per heavy atom. The van der Waals surface area contributed by atoms with Crippen LogP contribution in [0.4, 0.5) is 5.69 Å². The predicted molar refractivity (Wildman–Crippen MR) is 120 cm³/mol. The number of amides is 2. The smallest absolute Gasteiger partial charge is 0.303 e. The van der Waals surface area contributed by atoms with Crippen LogP contribution in [0, 0.1) is 11.8 Å². The van der Waals surface area contributed by atoms with Crippen LogP contribution in [0.25, 0.3) is 0 Å². The second-order valence-corrected chi connectivity index (χ2v) is 7.17.